The van der Waals surface area contributed by atoms with Crippen molar-refractivity contribution in [1.82, 2.24) is 25.4 Å². The molecule has 2 atom stereocenters. The van der Waals surface area contributed by atoms with Gasteiger partial charge < -0.3 is 5.32 Å². The van der Waals surface area contributed by atoms with Crippen LogP contribution in [-0.4, -0.2) is 32.7 Å². The summed E-state index contributed by atoms with van der Waals surface area (Å²) in [6, 6.07) is 6.40. The second kappa shape index (κ2) is 10.1. The second-order valence-corrected chi connectivity index (χ2v) is 8.64. The van der Waals surface area contributed by atoms with E-state index in [1.165, 1.54) is 12.1 Å². The molecule has 0 radical (unpaired) electrons. The second-order valence-electron chi connectivity index (χ2n) is 8.64. The van der Waals surface area contributed by atoms with Crippen molar-refractivity contribution in [3.8, 4) is 0 Å². The first-order valence-corrected chi connectivity index (χ1v) is 11.0. The van der Waals surface area contributed by atoms with Crippen LogP contribution in [0.4, 0.5) is 30.7 Å². The molecule has 2 unspecified atom stereocenters. The molecule has 4 rings (SSSR count). The summed E-state index contributed by atoms with van der Waals surface area (Å²) < 4.78 is 93.1. The minimum absolute atomic E-state index is 0.0951. The molecule has 194 valence electrons. The van der Waals surface area contributed by atoms with Crippen LogP contribution in [0.1, 0.15) is 47.0 Å². The van der Waals surface area contributed by atoms with Crippen LogP contribution in [0, 0.1) is 5.82 Å². The van der Waals surface area contributed by atoms with E-state index in [9.17, 15) is 35.5 Å². The number of aromatic amines is 2. The molecule has 3 N–H and O–H groups in total. The molecule has 0 bridgehead atoms. The van der Waals surface area contributed by atoms with Gasteiger partial charge in [-0.25, -0.2) is 14.3 Å². The van der Waals surface area contributed by atoms with Crippen LogP contribution >= 0.6 is 0 Å². The predicted octanol–water partition coefficient (Wildman–Crippen LogP) is 4.77. The van der Waals surface area contributed by atoms with Gasteiger partial charge in [-0.3, -0.25) is 9.88 Å². The van der Waals surface area contributed by atoms with Gasteiger partial charge in [0.2, 0.25) is 0 Å². The van der Waals surface area contributed by atoms with Crippen molar-refractivity contribution in [3.05, 3.63) is 86.8 Å². The fourth-order valence-corrected chi connectivity index (χ4v) is 4.50. The monoisotopic (exact) mass is 517 g/mol. The van der Waals surface area contributed by atoms with E-state index in [4.69, 9.17) is 0 Å². The Morgan fingerprint density at radius 3 is 2.19 bits per heavy atom. The number of H-pyrrole nitrogens is 2. The van der Waals surface area contributed by atoms with E-state index < -0.39 is 47.1 Å². The van der Waals surface area contributed by atoms with Gasteiger partial charge in [0.05, 0.1) is 23.7 Å². The van der Waals surface area contributed by atoms with Crippen molar-refractivity contribution >= 4 is 0 Å². The highest BCUT2D eigenvalue weighted by molar-refractivity contribution is 5.34. The first kappa shape index (κ1) is 25.9. The van der Waals surface area contributed by atoms with Crippen molar-refractivity contribution < 1.29 is 30.7 Å². The molecule has 1 aromatic heterocycles. The topological polar surface area (TPSA) is 76.8 Å². The van der Waals surface area contributed by atoms with Crippen molar-refractivity contribution in [3.63, 3.8) is 0 Å². The number of nitrogens with zero attached hydrogens (tertiary/aromatic N) is 2. The Morgan fingerprint density at radius 1 is 1.00 bits per heavy atom. The summed E-state index contributed by atoms with van der Waals surface area (Å²) in [4.78, 5) is 16.0. The quantitative estimate of drug-likeness (QED) is 0.412. The minimum atomic E-state index is -4.94. The van der Waals surface area contributed by atoms with Crippen LogP contribution in [0.5, 0.6) is 0 Å². The third kappa shape index (κ3) is 6.13. The normalized spacial score (nSPS) is 19.5. The van der Waals surface area contributed by atoms with Crippen LogP contribution < -0.4 is 11.0 Å². The van der Waals surface area contributed by atoms with Gasteiger partial charge in [-0.15, -0.1) is 0 Å². The maximum absolute atomic E-state index is 13.6. The average Bonchev–Trinajstić information content (AvgIpc) is 3.21. The Kier molecular flexibility index (Phi) is 7.23. The molecule has 1 saturated heterocycles. The predicted molar refractivity (Wildman–Crippen MR) is 115 cm³/mol. The molecule has 0 saturated carbocycles. The molecule has 0 spiro atoms. The summed E-state index contributed by atoms with van der Waals surface area (Å²) in [5.41, 5.74) is -2.70. The van der Waals surface area contributed by atoms with Crippen molar-refractivity contribution in [2.45, 2.75) is 50.4 Å². The highest BCUT2D eigenvalue weighted by atomic mass is 19.4. The van der Waals surface area contributed by atoms with Crippen LogP contribution in [0.25, 0.3) is 0 Å². The molecule has 6 nitrogen and oxygen atoms in total. The number of alkyl halides is 6. The lowest BCUT2D eigenvalue weighted by atomic mass is 9.90. The van der Waals surface area contributed by atoms with Crippen LogP contribution in [-0.2, 0) is 25.4 Å². The molecule has 3 aromatic rings. The molecule has 1 fully saturated rings. The first-order valence-electron chi connectivity index (χ1n) is 11.0. The molecule has 0 amide bonds. The lowest BCUT2D eigenvalue weighted by molar-refractivity contribution is -0.143. The van der Waals surface area contributed by atoms with Crippen molar-refractivity contribution in [2.75, 3.05) is 6.54 Å². The molecule has 1 aliphatic rings. The van der Waals surface area contributed by atoms with Gasteiger partial charge in [0.25, 0.3) is 0 Å². The van der Waals surface area contributed by atoms with E-state index in [1.54, 1.807) is 12.1 Å². The van der Waals surface area contributed by atoms with Crippen LogP contribution in [0.2, 0.25) is 0 Å². The maximum Gasteiger partial charge on any atom is 0.416 e. The minimum Gasteiger partial charge on any atom is -0.308 e. The standard InChI is InChI=1S/C23H22F7N5O/c24-17-5-3-14(4-6-17)20-18(2-1-7-35(20)12-19-32-21(36)34-33-19)31-11-13-8-15(22(25,26)27)10-16(9-13)23(28,29)30/h3-6,8-10,18,20,31H,1-2,7,11-12H2,(H2,32,33,34,36). The summed E-state index contributed by atoms with van der Waals surface area (Å²) in [7, 11) is 0. The number of rotatable bonds is 6. The van der Waals surface area contributed by atoms with Crippen molar-refractivity contribution in [1.29, 1.82) is 0 Å². The number of aromatic nitrogens is 3. The Bertz CT molecular complexity index is 1200. The third-order valence-corrected chi connectivity index (χ3v) is 6.07. The number of nitrogens with one attached hydrogen (secondary N) is 3. The van der Waals surface area contributed by atoms with Gasteiger partial charge in [0.15, 0.2) is 0 Å². The summed E-state index contributed by atoms with van der Waals surface area (Å²) in [5.74, 6) is -0.0913. The number of halogens is 7. The number of likely N-dealkylation sites (tertiary alicyclic amines) is 1. The Morgan fingerprint density at radius 2 is 1.64 bits per heavy atom. The first-order chi connectivity index (χ1) is 16.9. The third-order valence-electron chi connectivity index (χ3n) is 6.07. The van der Waals surface area contributed by atoms with E-state index in [0.29, 0.717) is 42.9 Å². The largest absolute Gasteiger partial charge is 0.416 e. The summed E-state index contributed by atoms with van der Waals surface area (Å²) in [5, 5.41) is 9.29. The highest BCUT2D eigenvalue weighted by Crippen LogP contribution is 2.37. The lowest BCUT2D eigenvalue weighted by Gasteiger charge is -2.42. The van der Waals surface area contributed by atoms with E-state index in [0.717, 1.165) is 0 Å². The summed E-state index contributed by atoms with van der Waals surface area (Å²) in [6.45, 7) is 0.556. The molecule has 2 aromatic carbocycles. The van der Waals surface area contributed by atoms with Gasteiger partial charge in [-0.2, -0.15) is 31.4 Å². The maximum atomic E-state index is 13.6. The Labute approximate surface area is 200 Å². The van der Waals surface area contributed by atoms with Gasteiger partial charge in [-0.05, 0) is 60.8 Å². The Balaban J connectivity index is 1.61. The zero-order valence-corrected chi connectivity index (χ0v) is 18.7. The highest BCUT2D eigenvalue weighted by Gasteiger charge is 2.37. The van der Waals surface area contributed by atoms with Gasteiger partial charge in [0, 0.05) is 12.6 Å². The Hall–Kier alpha value is -3.19. The number of hydrogen-bond donors (Lipinski definition) is 3. The molecule has 2 heterocycles. The van der Waals surface area contributed by atoms with E-state index in [1.807, 2.05) is 4.90 Å². The lowest BCUT2D eigenvalue weighted by Crippen LogP contribution is -2.48. The number of hydrogen-bond acceptors (Lipinski definition) is 4. The zero-order valence-electron chi connectivity index (χ0n) is 18.7. The average molecular weight is 517 g/mol. The van der Waals surface area contributed by atoms with Gasteiger partial charge in [0.1, 0.15) is 11.6 Å². The molecule has 0 aliphatic carbocycles. The fourth-order valence-electron chi connectivity index (χ4n) is 4.50. The SMILES string of the molecule is O=c1[nH]nc(CN2CCCC(NCc3cc(C(F)(F)F)cc(C(F)(F)F)c3)C2c2ccc(F)cc2)[nH]1. The van der Waals surface area contributed by atoms with E-state index in [-0.39, 0.29) is 24.7 Å². The summed E-state index contributed by atoms with van der Waals surface area (Å²) in [6.07, 6.45) is -8.63. The molecule has 1 aliphatic heterocycles. The molecular weight excluding hydrogens is 495 g/mol. The molecule has 36 heavy (non-hydrogen) atoms. The van der Waals surface area contributed by atoms with Crippen molar-refractivity contribution in [2.24, 2.45) is 0 Å². The molecular formula is C23H22F7N5O. The number of benzene rings is 2. The smallest absolute Gasteiger partial charge is 0.308 e. The van der Waals surface area contributed by atoms with E-state index in [2.05, 4.69) is 20.5 Å². The summed E-state index contributed by atoms with van der Waals surface area (Å²) >= 11 is 0. The van der Waals surface area contributed by atoms with Gasteiger partial charge >= 0.3 is 18.0 Å². The zero-order chi connectivity index (χ0) is 26.1. The van der Waals surface area contributed by atoms with E-state index >= 15 is 0 Å². The van der Waals surface area contributed by atoms with Crippen LogP contribution in [0.3, 0.4) is 0 Å². The molecule has 13 heteroatoms. The van der Waals surface area contributed by atoms with Gasteiger partial charge in [-0.1, -0.05) is 12.1 Å². The fraction of sp³-hybridized carbons (Fsp3) is 0.391. The number of piperidine rings is 1. The van der Waals surface area contributed by atoms with Crippen LogP contribution in [0.15, 0.2) is 47.3 Å².